The van der Waals surface area contributed by atoms with Crippen molar-refractivity contribution < 1.29 is 27.1 Å². The van der Waals surface area contributed by atoms with Gasteiger partial charge in [-0.15, -0.1) is 0 Å². The standard InChI is InChI=1S/C14H9F5N2O/c1-5-2-6(14(22)7(20)3-5)4-21-13-11(18)9(16)8(15)10(17)12(13)19/h2-4,22H,20H2,1H3. The number of aryl methyl sites for hydroxylation is 1. The van der Waals surface area contributed by atoms with E-state index >= 15 is 0 Å². The van der Waals surface area contributed by atoms with Crippen LogP contribution in [0.4, 0.5) is 33.3 Å². The van der Waals surface area contributed by atoms with Crippen LogP contribution in [0.2, 0.25) is 0 Å². The van der Waals surface area contributed by atoms with Crippen molar-refractivity contribution in [2.75, 3.05) is 5.73 Å². The fourth-order valence-electron chi connectivity index (χ4n) is 1.77. The Labute approximate surface area is 121 Å². The number of phenols is 1. The van der Waals surface area contributed by atoms with Crippen LogP contribution in [-0.4, -0.2) is 11.3 Å². The number of nitrogens with two attached hydrogens (primary N) is 1. The van der Waals surface area contributed by atoms with E-state index < -0.39 is 40.5 Å². The summed E-state index contributed by atoms with van der Waals surface area (Å²) in [7, 11) is 0. The summed E-state index contributed by atoms with van der Waals surface area (Å²) in [5.41, 5.74) is 4.70. The smallest absolute Gasteiger partial charge is 0.200 e. The van der Waals surface area contributed by atoms with E-state index in [2.05, 4.69) is 4.99 Å². The maximum atomic E-state index is 13.4. The number of anilines is 1. The molecule has 116 valence electrons. The van der Waals surface area contributed by atoms with Gasteiger partial charge in [-0.25, -0.2) is 26.9 Å². The summed E-state index contributed by atoms with van der Waals surface area (Å²) in [5.74, 6) is -11.0. The van der Waals surface area contributed by atoms with Crippen molar-refractivity contribution in [1.82, 2.24) is 0 Å². The van der Waals surface area contributed by atoms with Gasteiger partial charge in [-0.3, -0.25) is 0 Å². The second-order valence-electron chi connectivity index (χ2n) is 4.47. The van der Waals surface area contributed by atoms with Gasteiger partial charge in [0.1, 0.15) is 11.4 Å². The molecule has 0 spiro atoms. The number of nitrogen functional groups attached to an aromatic ring is 1. The molecule has 22 heavy (non-hydrogen) atoms. The summed E-state index contributed by atoms with van der Waals surface area (Å²) in [5, 5.41) is 9.68. The van der Waals surface area contributed by atoms with Gasteiger partial charge in [0.15, 0.2) is 23.3 Å². The van der Waals surface area contributed by atoms with Gasteiger partial charge in [0.05, 0.1) is 5.69 Å². The first-order valence-electron chi connectivity index (χ1n) is 5.88. The van der Waals surface area contributed by atoms with Crippen LogP contribution in [-0.2, 0) is 0 Å². The van der Waals surface area contributed by atoms with Crippen molar-refractivity contribution >= 4 is 17.6 Å². The van der Waals surface area contributed by atoms with Crippen molar-refractivity contribution in [3.8, 4) is 5.75 Å². The summed E-state index contributed by atoms with van der Waals surface area (Å²) in [4.78, 5) is 3.24. The second-order valence-corrected chi connectivity index (χ2v) is 4.47. The Morgan fingerprint density at radius 2 is 1.45 bits per heavy atom. The first kappa shape index (κ1) is 15.7. The van der Waals surface area contributed by atoms with E-state index in [1.165, 1.54) is 12.1 Å². The molecule has 0 aliphatic carbocycles. The van der Waals surface area contributed by atoms with E-state index in [9.17, 15) is 27.1 Å². The number of hydrogen-bond donors (Lipinski definition) is 2. The SMILES string of the molecule is Cc1cc(N)c(O)c(C=Nc2c(F)c(F)c(F)c(F)c2F)c1. The van der Waals surface area contributed by atoms with Gasteiger partial charge in [0, 0.05) is 11.8 Å². The number of halogens is 5. The molecule has 0 aliphatic rings. The zero-order valence-electron chi connectivity index (χ0n) is 11.1. The molecule has 2 rings (SSSR count). The summed E-state index contributed by atoms with van der Waals surface area (Å²) < 4.78 is 65.8. The molecule has 0 unspecified atom stereocenters. The minimum Gasteiger partial charge on any atom is -0.505 e. The highest BCUT2D eigenvalue weighted by atomic mass is 19.2. The van der Waals surface area contributed by atoms with Crippen LogP contribution in [0.1, 0.15) is 11.1 Å². The van der Waals surface area contributed by atoms with Crippen LogP contribution in [0.25, 0.3) is 0 Å². The van der Waals surface area contributed by atoms with Gasteiger partial charge in [-0.1, -0.05) is 0 Å². The monoisotopic (exact) mass is 316 g/mol. The molecule has 3 nitrogen and oxygen atoms in total. The highest BCUT2D eigenvalue weighted by Gasteiger charge is 2.25. The van der Waals surface area contributed by atoms with Crippen LogP contribution in [0.15, 0.2) is 17.1 Å². The molecule has 2 aromatic carbocycles. The van der Waals surface area contributed by atoms with Crippen LogP contribution >= 0.6 is 0 Å². The van der Waals surface area contributed by atoms with Gasteiger partial charge in [-0.2, -0.15) is 0 Å². The maximum Gasteiger partial charge on any atom is 0.200 e. The van der Waals surface area contributed by atoms with Gasteiger partial charge in [0.25, 0.3) is 0 Å². The Hall–Kier alpha value is -2.64. The summed E-state index contributed by atoms with van der Waals surface area (Å²) >= 11 is 0. The maximum absolute atomic E-state index is 13.4. The molecule has 0 amide bonds. The lowest BCUT2D eigenvalue weighted by Gasteiger charge is -2.06. The number of hydrogen-bond acceptors (Lipinski definition) is 3. The van der Waals surface area contributed by atoms with E-state index in [1.807, 2.05) is 0 Å². The van der Waals surface area contributed by atoms with Crippen molar-refractivity contribution in [1.29, 1.82) is 0 Å². The molecule has 0 radical (unpaired) electrons. The summed E-state index contributed by atoms with van der Waals surface area (Å²) in [6.45, 7) is 1.63. The third kappa shape index (κ3) is 2.59. The molecule has 0 atom stereocenters. The number of rotatable bonds is 2. The van der Waals surface area contributed by atoms with Gasteiger partial charge in [-0.05, 0) is 24.6 Å². The molecule has 0 aromatic heterocycles. The van der Waals surface area contributed by atoms with E-state index in [4.69, 9.17) is 5.73 Å². The van der Waals surface area contributed by atoms with Crippen molar-refractivity contribution in [3.63, 3.8) is 0 Å². The third-order valence-electron chi connectivity index (χ3n) is 2.83. The highest BCUT2D eigenvalue weighted by Crippen LogP contribution is 2.30. The molecule has 0 heterocycles. The predicted molar refractivity (Wildman–Crippen MR) is 70.7 cm³/mol. The molecule has 0 saturated carbocycles. The first-order chi connectivity index (χ1) is 10.2. The Kier molecular flexibility index (Phi) is 4.03. The number of aliphatic imine (C=N–C) groups is 1. The molecular formula is C14H9F5N2O. The average Bonchev–Trinajstić information content (AvgIpc) is 2.47. The topological polar surface area (TPSA) is 58.6 Å². The van der Waals surface area contributed by atoms with Crippen molar-refractivity contribution in [2.24, 2.45) is 4.99 Å². The van der Waals surface area contributed by atoms with Crippen molar-refractivity contribution in [3.05, 3.63) is 52.3 Å². The quantitative estimate of drug-likeness (QED) is 0.221. The molecule has 0 saturated heterocycles. The predicted octanol–water partition coefficient (Wildman–Crippen LogP) is 3.73. The van der Waals surface area contributed by atoms with Gasteiger partial charge < -0.3 is 10.8 Å². The van der Waals surface area contributed by atoms with E-state index in [0.717, 1.165) is 6.21 Å². The lowest BCUT2D eigenvalue weighted by atomic mass is 10.1. The average molecular weight is 316 g/mol. The molecule has 2 aromatic rings. The number of phenolic OH excluding ortho intramolecular Hbond substituents is 1. The Morgan fingerprint density at radius 3 is 2.00 bits per heavy atom. The lowest BCUT2D eigenvalue weighted by molar-refractivity contribution is 0.381. The Balaban J connectivity index is 2.57. The Morgan fingerprint density at radius 1 is 0.955 bits per heavy atom. The minimum atomic E-state index is -2.27. The number of nitrogens with zero attached hydrogens (tertiary/aromatic N) is 1. The zero-order valence-corrected chi connectivity index (χ0v) is 11.1. The van der Waals surface area contributed by atoms with Crippen molar-refractivity contribution in [2.45, 2.75) is 6.92 Å². The zero-order chi connectivity index (χ0) is 16.6. The molecule has 0 bridgehead atoms. The highest BCUT2D eigenvalue weighted by molar-refractivity contribution is 5.88. The normalized spacial score (nSPS) is 11.4. The molecular weight excluding hydrogens is 307 g/mol. The lowest BCUT2D eigenvalue weighted by Crippen LogP contribution is -2.01. The number of aromatic hydroxyl groups is 1. The van der Waals surface area contributed by atoms with Crippen LogP contribution < -0.4 is 5.73 Å². The summed E-state index contributed by atoms with van der Waals surface area (Å²) in [6.07, 6.45) is 0.761. The Bertz CT molecular complexity index is 761. The molecule has 0 aliphatic heterocycles. The first-order valence-corrected chi connectivity index (χ1v) is 5.88. The molecule has 0 fully saturated rings. The second kappa shape index (κ2) is 5.63. The van der Waals surface area contributed by atoms with Crippen LogP contribution in [0, 0.1) is 36.0 Å². The fourth-order valence-corrected chi connectivity index (χ4v) is 1.77. The fraction of sp³-hybridized carbons (Fsp3) is 0.0714. The largest absolute Gasteiger partial charge is 0.505 e. The van der Waals surface area contributed by atoms with Gasteiger partial charge in [0.2, 0.25) is 5.82 Å². The minimum absolute atomic E-state index is 0.0149. The van der Waals surface area contributed by atoms with Crippen LogP contribution in [0.5, 0.6) is 5.75 Å². The van der Waals surface area contributed by atoms with E-state index in [1.54, 1.807) is 6.92 Å². The van der Waals surface area contributed by atoms with E-state index in [-0.39, 0.29) is 11.3 Å². The molecule has 3 N–H and O–H groups in total. The van der Waals surface area contributed by atoms with Crippen LogP contribution in [0.3, 0.4) is 0 Å². The third-order valence-corrected chi connectivity index (χ3v) is 2.83. The van der Waals surface area contributed by atoms with E-state index in [0.29, 0.717) is 5.56 Å². The molecule has 8 heteroatoms. The summed E-state index contributed by atoms with van der Waals surface area (Å²) in [6, 6.07) is 2.81. The number of benzene rings is 2. The van der Waals surface area contributed by atoms with Gasteiger partial charge >= 0.3 is 0 Å².